The van der Waals surface area contributed by atoms with Crippen molar-refractivity contribution in [2.24, 2.45) is 10.9 Å². The lowest BCUT2D eigenvalue weighted by atomic mass is 10.0. The molecule has 0 bridgehead atoms. The molecule has 20 heavy (non-hydrogen) atoms. The summed E-state index contributed by atoms with van der Waals surface area (Å²) in [5.74, 6) is 0.646. The van der Waals surface area contributed by atoms with Gasteiger partial charge in [0, 0.05) is 0 Å². The molecule has 104 valence electrons. The lowest BCUT2D eigenvalue weighted by Gasteiger charge is -2.13. The van der Waals surface area contributed by atoms with E-state index in [1.54, 1.807) is 12.1 Å². The predicted molar refractivity (Wildman–Crippen MR) is 79.2 cm³/mol. The summed E-state index contributed by atoms with van der Waals surface area (Å²) in [6.45, 7) is 4.57. The Morgan fingerprint density at radius 2 is 1.75 bits per heavy atom. The molecule has 0 unspecified atom stereocenters. The number of ether oxygens (including phenoxy) is 1. The Balaban J connectivity index is 2.24. The van der Waals surface area contributed by atoms with Crippen molar-refractivity contribution in [3.63, 3.8) is 0 Å². The first kappa shape index (κ1) is 13.9. The van der Waals surface area contributed by atoms with Crippen LogP contribution in [0.4, 0.5) is 0 Å². The third kappa shape index (κ3) is 2.91. The molecule has 0 saturated heterocycles. The van der Waals surface area contributed by atoms with Crippen LogP contribution in [0, 0.1) is 13.8 Å². The number of aryl methyl sites for hydroxylation is 2. The normalized spacial score (nSPS) is 11.4. The Labute approximate surface area is 118 Å². The lowest BCUT2D eigenvalue weighted by molar-refractivity contribution is 0.302. The minimum atomic E-state index is 0.0436. The number of para-hydroxylation sites is 1. The molecule has 0 aliphatic heterocycles. The van der Waals surface area contributed by atoms with Gasteiger partial charge < -0.3 is 15.7 Å². The summed E-state index contributed by atoms with van der Waals surface area (Å²) in [4.78, 5) is 0. The number of amidine groups is 1. The van der Waals surface area contributed by atoms with E-state index in [1.165, 1.54) is 11.1 Å². The molecule has 3 N–H and O–H groups in total. The maximum atomic E-state index is 8.79. The molecular weight excluding hydrogens is 252 g/mol. The molecule has 0 aliphatic carbocycles. The zero-order chi connectivity index (χ0) is 14.5. The fraction of sp³-hybridized carbons (Fsp3) is 0.188. The van der Waals surface area contributed by atoms with Gasteiger partial charge in [-0.05, 0) is 42.7 Å². The third-order valence-corrected chi connectivity index (χ3v) is 3.29. The summed E-state index contributed by atoms with van der Waals surface area (Å²) in [5, 5.41) is 11.8. The Bertz CT molecular complexity index is 616. The molecular formula is C16H18N2O2. The zero-order valence-electron chi connectivity index (χ0n) is 11.6. The highest BCUT2D eigenvalue weighted by Crippen LogP contribution is 2.21. The maximum absolute atomic E-state index is 8.79. The van der Waals surface area contributed by atoms with Gasteiger partial charge in [-0.2, -0.15) is 0 Å². The summed E-state index contributed by atoms with van der Waals surface area (Å²) in [5.41, 5.74) is 9.76. The second-order valence-electron chi connectivity index (χ2n) is 4.64. The van der Waals surface area contributed by atoms with E-state index in [0.717, 1.165) is 5.56 Å². The first-order chi connectivity index (χ1) is 9.63. The zero-order valence-corrected chi connectivity index (χ0v) is 11.6. The Kier molecular flexibility index (Phi) is 4.25. The smallest absolute Gasteiger partial charge is 0.173 e. The van der Waals surface area contributed by atoms with Crippen LogP contribution in [-0.2, 0) is 6.61 Å². The summed E-state index contributed by atoms with van der Waals surface area (Å²) in [6.07, 6.45) is 0. The predicted octanol–water partition coefficient (Wildman–Crippen LogP) is 2.98. The van der Waals surface area contributed by atoms with Crippen LogP contribution < -0.4 is 10.5 Å². The molecule has 0 amide bonds. The number of nitrogens with zero attached hydrogens (tertiary/aromatic N) is 1. The van der Waals surface area contributed by atoms with Gasteiger partial charge in [0.05, 0.1) is 5.56 Å². The van der Waals surface area contributed by atoms with Crippen molar-refractivity contribution >= 4 is 5.84 Å². The van der Waals surface area contributed by atoms with Crippen LogP contribution >= 0.6 is 0 Å². The van der Waals surface area contributed by atoms with Gasteiger partial charge in [-0.15, -0.1) is 0 Å². The van der Waals surface area contributed by atoms with E-state index in [4.69, 9.17) is 15.7 Å². The highest BCUT2D eigenvalue weighted by molar-refractivity contribution is 5.99. The molecule has 4 heteroatoms. The fourth-order valence-corrected chi connectivity index (χ4v) is 2.08. The van der Waals surface area contributed by atoms with Crippen molar-refractivity contribution in [2.45, 2.75) is 20.5 Å². The standard InChI is InChI=1S/C16H18N2O2/c1-11-6-5-7-12(2)14(11)10-20-15-9-4-3-8-13(15)16(17)18-19/h3-9,19H,10H2,1-2H3,(H2,17,18). The van der Waals surface area contributed by atoms with Gasteiger partial charge in [-0.25, -0.2) is 0 Å². The van der Waals surface area contributed by atoms with Crippen molar-refractivity contribution in [2.75, 3.05) is 0 Å². The van der Waals surface area contributed by atoms with E-state index < -0.39 is 0 Å². The number of hydrogen-bond acceptors (Lipinski definition) is 3. The number of rotatable bonds is 4. The monoisotopic (exact) mass is 270 g/mol. The molecule has 0 radical (unpaired) electrons. The van der Waals surface area contributed by atoms with Crippen molar-refractivity contribution in [3.05, 3.63) is 64.7 Å². The highest BCUT2D eigenvalue weighted by atomic mass is 16.5. The van der Waals surface area contributed by atoms with Crippen LogP contribution in [0.2, 0.25) is 0 Å². The molecule has 0 atom stereocenters. The summed E-state index contributed by atoms with van der Waals surface area (Å²) >= 11 is 0. The average Bonchev–Trinajstić information content (AvgIpc) is 2.46. The van der Waals surface area contributed by atoms with Gasteiger partial charge >= 0.3 is 0 Å². The Morgan fingerprint density at radius 3 is 2.40 bits per heavy atom. The van der Waals surface area contributed by atoms with Gasteiger partial charge in [0.1, 0.15) is 12.4 Å². The average molecular weight is 270 g/mol. The first-order valence-corrected chi connectivity index (χ1v) is 6.38. The summed E-state index contributed by atoms with van der Waals surface area (Å²) < 4.78 is 5.84. The molecule has 2 aromatic rings. The highest BCUT2D eigenvalue weighted by Gasteiger charge is 2.09. The summed E-state index contributed by atoms with van der Waals surface area (Å²) in [7, 11) is 0. The minimum Gasteiger partial charge on any atom is -0.488 e. The molecule has 0 aromatic heterocycles. The molecule has 0 fully saturated rings. The maximum Gasteiger partial charge on any atom is 0.173 e. The molecule has 0 saturated carbocycles. The van der Waals surface area contributed by atoms with Gasteiger partial charge in [-0.1, -0.05) is 35.5 Å². The molecule has 0 heterocycles. The van der Waals surface area contributed by atoms with Crippen LogP contribution in [0.1, 0.15) is 22.3 Å². The second kappa shape index (κ2) is 6.10. The number of hydrogen-bond donors (Lipinski definition) is 2. The molecule has 2 rings (SSSR count). The Morgan fingerprint density at radius 1 is 1.10 bits per heavy atom. The number of benzene rings is 2. The van der Waals surface area contributed by atoms with Gasteiger partial charge in [0.2, 0.25) is 0 Å². The van der Waals surface area contributed by atoms with Crippen molar-refractivity contribution in [1.29, 1.82) is 0 Å². The molecule has 2 aromatic carbocycles. The van der Waals surface area contributed by atoms with Crippen molar-refractivity contribution in [3.8, 4) is 5.75 Å². The van der Waals surface area contributed by atoms with Gasteiger partial charge in [0.15, 0.2) is 5.84 Å². The molecule has 0 spiro atoms. The SMILES string of the molecule is Cc1cccc(C)c1COc1ccccc1/C(N)=N/O. The van der Waals surface area contributed by atoms with E-state index in [2.05, 4.69) is 31.1 Å². The number of nitrogens with two attached hydrogens (primary N) is 1. The lowest BCUT2D eigenvalue weighted by Crippen LogP contribution is -2.15. The van der Waals surface area contributed by atoms with Crippen molar-refractivity contribution in [1.82, 2.24) is 0 Å². The van der Waals surface area contributed by atoms with E-state index in [-0.39, 0.29) is 5.84 Å². The van der Waals surface area contributed by atoms with Gasteiger partial charge in [-0.3, -0.25) is 0 Å². The second-order valence-corrected chi connectivity index (χ2v) is 4.64. The number of oxime groups is 1. The summed E-state index contributed by atoms with van der Waals surface area (Å²) in [6, 6.07) is 13.4. The van der Waals surface area contributed by atoms with Crippen LogP contribution in [0.15, 0.2) is 47.6 Å². The van der Waals surface area contributed by atoms with E-state index in [0.29, 0.717) is 17.9 Å². The quantitative estimate of drug-likeness (QED) is 0.388. The van der Waals surface area contributed by atoms with Crippen LogP contribution in [0.5, 0.6) is 5.75 Å². The largest absolute Gasteiger partial charge is 0.488 e. The van der Waals surface area contributed by atoms with E-state index in [1.807, 2.05) is 18.2 Å². The fourth-order valence-electron chi connectivity index (χ4n) is 2.08. The minimum absolute atomic E-state index is 0.0436. The first-order valence-electron chi connectivity index (χ1n) is 6.38. The van der Waals surface area contributed by atoms with E-state index in [9.17, 15) is 0 Å². The third-order valence-electron chi connectivity index (χ3n) is 3.29. The van der Waals surface area contributed by atoms with Crippen LogP contribution in [0.3, 0.4) is 0 Å². The van der Waals surface area contributed by atoms with Crippen LogP contribution in [-0.4, -0.2) is 11.0 Å². The van der Waals surface area contributed by atoms with Crippen LogP contribution in [0.25, 0.3) is 0 Å². The Hall–Kier alpha value is -2.49. The van der Waals surface area contributed by atoms with Crippen molar-refractivity contribution < 1.29 is 9.94 Å². The molecule has 0 aliphatic rings. The topological polar surface area (TPSA) is 67.8 Å². The van der Waals surface area contributed by atoms with Gasteiger partial charge in [0.25, 0.3) is 0 Å². The van der Waals surface area contributed by atoms with E-state index >= 15 is 0 Å². The molecule has 4 nitrogen and oxygen atoms in total.